The van der Waals surface area contributed by atoms with E-state index in [0.29, 0.717) is 0 Å². The maximum absolute atomic E-state index is 12.5. The number of ether oxygens (including phenoxy) is 1. The van der Waals surface area contributed by atoms with Gasteiger partial charge >= 0.3 is 11.6 Å². The minimum absolute atomic E-state index is 0.0153. The van der Waals surface area contributed by atoms with Gasteiger partial charge in [-0.1, -0.05) is 18.2 Å². The molecule has 1 aromatic carbocycles. The van der Waals surface area contributed by atoms with Crippen LogP contribution in [0.1, 0.15) is 26.5 Å². The Morgan fingerprint density at radius 1 is 1.17 bits per heavy atom. The van der Waals surface area contributed by atoms with E-state index in [2.05, 4.69) is 15.0 Å². The third-order valence-electron chi connectivity index (χ3n) is 4.06. The number of rotatable bonds is 6. The molecule has 2 heterocycles. The smallest absolute Gasteiger partial charge is 0.351 e. The molecule has 0 radical (unpaired) electrons. The van der Waals surface area contributed by atoms with Crippen molar-refractivity contribution < 1.29 is 28.6 Å². The normalized spacial score (nSPS) is 10.8. The number of ketones is 1. The standard InChI is InChI=1S/C21H16N2O7/c1-29-17(25)11-22-20(27)14-7-4-5-12(23-14)9-10-15(24)18-19(26)13-6-2-3-8-16(13)30-21(18)28/h2-10,26H,11H2,1H3,(H,22,27)/b10-9+. The second-order valence-electron chi connectivity index (χ2n) is 6.01. The highest BCUT2D eigenvalue weighted by Gasteiger charge is 2.19. The lowest BCUT2D eigenvalue weighted by Gasteiger charge is -2.04. The number of fused-ring (bicyclic) bond motifs is 1. The van der Waals surface area contributed by atoms with Gasteiger partial charge in [-0.25, -0.2) is 9.78 Å². The van der Waals surface area contributed by atoms with Crippen LogP contribution in [0.4, 0.5) is 0 Å². The van der Waals surface area contributed by atoms with Crippen LogP contribution in [0.2, 0.25) is 0 Å². The van der Waals surface area contributed by atoms with E-state index in [9.17, 15) is 24.3 Å². The van der Waals surface area contributed by atoms with E-state index in [1.807, 2.05) is 0 Å². The van der Waals surface area contributed by atoms with Crippen molar-refractivity contribution in [2.75, 3.05) is 13.7 Å². The number of allylic oxidation sites excluding steroid dienone is 1. The van der Waals surface area contributed by atoms with Gasteiger partial charge in [-0.15, -0.1) is 0 Å². The van der Waals surface area contributed by atoms with Gasteiger partial charge in [0.15, 0.2) is 5.78 Å². The highest BCUT2D eigenvalue weighted by molar-refractivity contribution is 6.10. The number of carbonyl (C=O) groups is 3. The molecule has 30 heavy (non-hydrogen) atoms. The van der Waals surface area contributed by atoms with Gasteiger partial charge in [0, 0.05) is 0 Å². The third-order valence-corrected chi connectivity index (χ3v) is 4.06. The van der Waals surface area contributed by atoms with E-state index in [-0.39, 0.29) is 28.9 Å². The van der Waals surface area contributed by atoms with Crippen LogP contribution in [0.15, 0.2) is 57.8 Å². The largest absolute Gasteiger partial charge is 0.506 e. The number of carbonyl (C=O) groups excluding carboxylic acids is 3. The molecule has 0 aliphatic carbocycles. The van der Waals surface area contributed by atoms with Crippen LogP contribution in [-0.2, 0) is 9.53 Å². The van der Waals surface area contributed by atoms with Crippen molar-refractivity contribution in [1.82, 2.24) is 10.3 Å². The van der Waals surface area contributed by atoms with Crippen molar-refractivity contribution >= 4 is 34.7 Å². The highest BCUT2D eigenvalue weighted by atomic mass is 16.5. The van der Waals surface area contributed by atoms with E-state index >= 15 is 0 Å². The lowest BCUT2D eigenvalue weighted by molar-refractivity contribution is -0.139. The number of para-hydroxylation sites is 1. The summed E-state index contributed by atoms with van der Waals surface area (Å²) in [5.74, 6) is -2.47. The van der Waals surface area contributed by atoms with Gasteiger partial charge in [0.1, 0.15) is 29.1 Å². The molecule has 0 atom stereocenters. The van der Waals surface area contributed by atoms with Crippen LogP contribution in [0.5, 0.6) is 5.75 Å². The molecule has 3 aromatic rings. The summed E-state index contributed by atoms with van der Waals surface area (Å²) >= 11 is 0. The first-order chi connectivity index (χ1) is 14.4. The summed E-state index contributed by atoms with van der Waals surface area (Å²) in [7, 11) is 1.20. The Hall–Kier alpha value is -4.27. The number of aromatic hydroxyl groups is 1. The van der Waals surface area contributed by atoms with Crippen molar-refractivity contribution in [2.24, 2.45) is 0 Å². The van der Waals surface area contributed by atoms with Crippen molar-refractivity contribution in [1.29, 1.82) is 0 Å². The zero-order valence-electron chi connectivity index (χ0n) is 15.7. The zero-order valence-corrected chi connectivity index (χ0v) is 15.7. The topological polar surface area (TPSA) is 136 Å². The Morgan fingerprint density at radius 3 is 2.70 bits per heavy atom. The van der Waals surface area contributed by atoms with E-state index in [0.717, 1.165) is 6.08 Å². The molecule has 9 heteroatoms. The fraction of sp³-hybridized carbons (Fsp3) is 0.0952. The Bertz CT molecular complexity index is 1230. The predicted molar refractivity (Wildman–Crippen MR) is 106 cm³/mol. The second-order valence-corrected chi connectivity index (χ2v) is 6.01. The lowest BCUT2D eigenvalue weighted by Crippen LogP contribution is -2.30. The van der Waals surface area contributed by atoms with Crippen LogP contribution in [0.3, 0.4) is 0 Å². The van der Waals surface area contributed by atoms with Gasteiger partial charge in [-0.05, 0) is 36.4 Å². The number of esters is 1. The summed E-state index contributed by atoms with van der Waals surface area (Å²) in [4.78, 5) is 51.8. The van der Waals surface area contributed by atoms with Gasteiger partial charge in [0.25, 0.3) is 5.91 Å². The van der Waals surface area contributed by atoms with Crippen molar-refractivity contribution in [3.8, 4) is 5.75 Å². The molecular weight excluding hydrogens is 392 g/mol. The average Bonchev–Trinajstić information content (AvgIpc) is 2.76. The van der Waals surface area contributed by atoms with Crippen LogP contribution in [-0.4, -0.2) is 41.4 Å². The number of methoxy groups -OCH3 is 1. The molecule has 2 N–H and O–H groups in total. The van der Waals surface area contributed by atoms with Gasteiger partial charge in [-0.3, -0.25) is 14.4 Å². The Balaban J connectivity index is 1.82. The molecule has 152 valence electrons. The number of nitrogens with one attached hydrogen (secondary N) is 1. The molecule has 1 amide bonds. The quantitative estimate of drug-likeness (QED) is 0.272. The molecule has 2 aromatic heterocycles. The molecule has 9 nitrogen and oxygen atoms in total. The number of nitrogens with zero attached hydrogens (tertiary/aromatic N) is 1. The maximum atomic E-state index is 12.5. The first-order valence-corrected chi connectivity index (χ1v) is 8.70. The number of hydrogen-bond acceptors (Lipinski definition) is 8. The first-order valence-electron chi connectivity index (χ1n) is 8.70. The second kappa shape index (κ2) is 8.82. The predicted octanol–water partition coefficient (Wildman–Crippen LogP) is 1.69. The molecule has 0 saturated heterocycles. The molecule has 0 saturated carbocycles. The van der Waals surface area contributed by atoms with Crippen LogP contribution in [0, 0.1) is 0 Å². The van der Waals surface area contributed by atoms with E-state index in [1.54, 1.807) is 12.1 Å². The molecule has 0 aliphatic heterocycles. The van der Waals surface area contributed by atoms with E-state index in [4.69, 9.17) is 4.42 Å². The number of pyridine rings is 1. The molecule has 0 bridgehead atoms. The highest BCUT2D eigenvalue weighted by Crippen LogP contribution is 2.26. The minimum atomic E-state index is -0.968. The van der Waals surface area contributed by atoms with Crippen molar-refractivity contribution in [2.45, 2.75) is 0 Å². The third kappa shape index (κ3) is 4.41. The Kier molecular flexibility index (Phi) is 6.02. The first kappa shape index (κ1) is 20.5. The molecule has 3 rings (SSSR count). The summed E-state index contributed by atoms with van der Waals surface area (Å²) in [6, 6.07) is 10.8. The monoisotopic (exact) mass is 408 g/mol. The Morgan fingerprint density at radius 2 is 1.93 bits per heavy atom. The SMILES string of the molecule is COC(=O)CNC(=O)c1cccc(/C=C/C(=O)c2c(O)c3ccccc3oc2=O)n1. The number of benzene rings is 1. The number of hydrogen-bond donors (Lipinski definition) is 2. The summed E-state index contributed by atoms with van der Waals surface area (Å²) in [6.07, 6.45) is 2.33. The van der Waals surface area contributed by atoms with Gasteiger partial charge in [0.05, 0.1) is 18.2 Å². The average molecular weight is 408 g/mol. The fourth-order valence-corrected chi connectivity index (χ4v) is 2.58. The lowest BCUT2D eigenvalue weighted by atomic mass is 10.1. The molecule has 0 spiro atoms. The molecular formula is C21H16N2O7. The Labute approximate surface area is 169 Å². The van der Waals surface area contributed by atoms with Gasteiger partial charge < -0.3 is 19.6 Å². The summed E-state index contributed by atoms with van der Waals surface area (Å²) < 4.78 is 9.51. The number of amides is 1. The van der Waals surface area contributed by atoms with Crippen LogP contribution >= 0.6 is 0 Å². The van der Waals surface area contributed by atoms with Crippen LogP contribution < -0.4 is 10.9 Å². The summed E-state index contributed by atoms with van der Waals surface area (Å²) in [5.41, 5.74) is -1.05. The fourth-order valence-electron chi connectivity index (χ4n) is 2.58. The van der Waals surface area contributed by atoms with Gasteiger partial charge in [0.2, 0.25) is 0 Å². The van der Waals surface area contributed by atoms with Gasteiger partial charge in [-0.2, -0.15) is 0 Å². The number of aromatic nitrogens is 1. The van der Waals surface area contributed by atoms with Crippen molar-refractivity contribution in [3.63, 3.8) is 0 Å². The zero-order chi connectivity index (χ0) is 21.7. The van der Waals surface area contributed by atoms with Crippen LogP contribution in [0.25, 0.3) is 17.0 Å². The summed E-state index contributed by atoms with van der Waals surface area (Å²) in [6.45, 7) is -0.313. The molecule has 0 unspecified atom stereocenters. The van der Waals surface area contributed by atoms with E-state index in [1.165, 1.54) is 43.5 Å². The molecule has 0 fully saturated rings. The van der Waals surface area contributed by atoms with Crippen molar-refractivity contribution in [3.05, 3.63) is 75.9 Å². The molecule has 0 aliphatic rings. The summed E-state index contributed by atoms with van der Waals surface area (Å²) in [5, 5.41) is 12.9. The minimum Gasteiger partial charge on any atom is -0.506 e. The maximum Gasteiger partial charge on any atom is 0.351 e. The van der Waals surface area contributed by atoms with E-state index < -0.39 is 34.6 Å².